The maximum atomic E-state index is 11.7. The first-order valence-electron chi connectivity index (χ1n) is 7.81. The van der Waals surface area contributed by atoms with Gasteiger partial charge in [-0.1, -0.05) is 29.8 Å². The quantitative estimate of drug-likeness (QED) is 0.438. The van der Waals surface area contributed by atoms with Crippen LogP contribution in [0.25, 0.3) is 0 Å². The Labute approximate surface area is 158 Å². The molecule has 0 spiro atoms. The van der Waals surface area contributed by atoms with E-state index in [4.69, 9.17) is 0 Å². The summed E-state index contributed by atoms with van der Waals surface area (Å²) in [5.74, 6) is 0.246. The number of nitrogens with zero attached hydrogens (tertiary/aromatic N) is 3. The Balaban J connectivity index is 2.01. The fourth-order valence-corrected chi connectivity index (χ4v) is 2.89. The lowest BCUT2D eigenvalue weighted by atomic mass is 10.1. The normalized spacial score (nSPS) is 10.4. The second kappa shape index (κ2) is 7.49. The monoisotopic (exact) mass is 413 g/mol. The van der Waals surface area contributed by atoms with Crippen LogP contribution in [-0.2, 0) is 0 Å². The van der Waals surface area contributed by atoms with Crippen LogP contribution in [0.15, 0.2) is 53.3 Å². The Kier molecular flexibility index (Phi) is 5.13. The van der Waals surface area contributed by atoms with Crippen molar-refractivity contribution in [1.29, 1.82) is 0 Å². The van der Waals surface area contributed by atoms with Crippen molar-refractivity contribution >= 4 is 44.6 Å². The molecule has 0 saturated carbocycles. The number of halogens is 1. The van der Waals surface area contributed by atoms with Crippen LogP contribution in [-0.4, -0.2) is 14.9 Å². The second-order valence-electron chi connectivity index (χ2n) is 5.72. The third kappa shape index (κ3) is 3.80. The van der Waals surface area contributed by atoms with Crippen molar-refractivity contribution in [3.05, 3.63) is 74.5 Å². The third-order valence-electron chi connectivity index (χ3n) is 3.77. The van der Waals surface area contributed by atoms with E-state index in [0.717, 1.165) is 21.3 Å². The van der Waals surface area contributed by atoms with E-state index in [1.807, 2.05) is 50.2 Å². The number of hydrogen-bond donors (Lipinski definition) is 2. The molecule has 8 heteroatoms. The van der Waals surface area contributed by atoms with Gasteiger partial charge in [-0.3, -0.25) is 10.1 Å². The number of nitro groups is 1. The minimum absolute atomic E-state index is 0.115. The molecule has 0 radical (unpaired) electrons. The van der Waals surface area contributed by atoms with E-state index >= 15 is 0 Å². The number of benzene rings is 2. The predicted octanol–water partition coefficient (Wildman–Crippen LogP) is 5.25. The molecule has 26 heavy (non-hydrogen) atoms. The summed E-state index contributed by atoms with van der Waals surface area (Å²) in [5, 5.41) is 17.7. The van der Waals surface area contributed by atoms with Gasteiger partial charge in [-0.25, -0.2) is 9.97 Å². The summed E-state index contributed by atoms with van der Waals surface area (Å²) in [7, 11) is 0. The first kappa shape index (κ1) is 17.8. The Bertz CT molecular complexity index is 978. The molecule has 3 aromatic rings. The molecule has 0 amide bonds. The van der Waals surface area contributed by atoms with Gasteiger partial charge < -0.3 is 10.6 Å². The average molecular weight is 414 g/mol. The van der Waals surface area contributed by atoms with Gasteiger partial charge in [0.1, 0.15) is 6.33 Å². The summed E-state index contributed by atoms with van der Waals surface area (Å²) in [6.07, 6.45) is 1.29. The van der Waals surface area contributed by atoms with E-state index in [-0.39, 0.29) is 17.3 Å². The highest BCUT2D eigenvalue weighted by Gasteiger charge is 2.24. The number of aromatic nitrogens is 2. The lowest BCUT2D eigenvalue weighted by molar-refractivity contribution is -0.383. The molecule has 0 aliphatic heterocycles. The lowest BCUT2D eigenvalue weighted by Crippen LogP contribution is -2.06. The maximum absolute atomic E-state index is 11.7. The molecule has 0 bridgehead atoms. The topological polar surface area (TPSA) is 93.0 Å². The third-order valence-corrected chi connectivity index (χ3v) is 4.46. The molecular formula is C18H16BrN5O2. The van der Waals surface area contributed by atoms with Crippen LogP contribution in [0, 0.1) is 24.0 Å². The fraction of sp³-hybridized carbons (Fsp3) is 0.111. The predicted molar refractivity (Wildman–Crippen MR) is 105 cm³/mol. The molecule has 0 atom stereocenters. The molecule has 0 aliphatic rings. The van der Waals surface area contributed by atoms with Gasteiger partial charge in [0.2, 0.25) is 11.6 Å². The Morgan fingerprint density at radius 2 is 1.65 bits per heavy atom. The van der Waals surface area contributed by atoms with Crippen LogP contribution in [0.4, 0.5) is 28.7 Å². The molecular weight excluding hydrogens is 398 g/mol. The van der Waals surface area contributed by atoms with E-state index in [2.05, 4.69) is 36.5 Å². The number of nitrogens with one attached hydrogen (secondary N) is 2. The Morgan fingerprint density at radius 3 is 2.27 bits per heavy atom. The summed E-state index contributed by atoms with van der Waals surface area (Å²) < 4.78 is 0.775. The zero-order valence-electron chi connectivity index (χ0n) is 14.2. The van der Waals surface area contributed by atoms with Gasteiger partial charge in [0.15, 0.2) is 0 Å². The number of aryl methyl sites for hydroxylation is 2. The van der Waals surface area contributed by atoms with Crippen molar-refractivity contribution in [2.24, 2.45) is 0 Å². The molecule has 132 valence electrons. The number of rotatable bonds is 5. The van der Waals surface area contributed by atoms with Gasteiger partial charge in [-0.05, 0) is 53.5 Å². The Morgan fingerprint density at radius 1 is 1.00 bits per heavy atom. The van der Waals surface area contributed by atoms with Crippen LogP contribution in [0.1, 0.15) is 11.1 Å². The zero-order valence-corrected chi connectivity index (χ0v) is 15.7. The summed E-state index contributed by atoms with van der Waals surface area (Å²) in [4.78, 5) is 19.3. The number of anilines is 4. The van der Waals surface area contributed by atoms with E-state index in [0.29, 0.717) is 5.69 Å². The SMILES string of the molecule is Cc1ccc(Nc2ncnc(Nc3ccccc3Br)c2[N+](=O)[O-])c(C)c1. The molecule has 1 heterocycles. The Hall–Kier alpha value is -3.00. The molecule has 2 N–H and O–H groups in total. The van der Waals surface area contributed by atoms with Crippen LogP contribution in [0.3, 0.4) is 0 Å². The largest absolute Gasteiger partial charge is 0.353 e. The van der Waals surface area contributed by atoms with Gasteiger partial charge in [0.25, 0.3) is 0 Å². The minimum atomic E-state index is -0.495. The van der Waals surface area contributed by atoms with Crippen LogP contribution in [0.2, 0.25) is 0 Å². The summed E-state index contributed by atoms with van der Waals surface area (Å²) in [6, 6.07) is 13.1. The van der Waals surface area contributed by atoms with Gasteiger partial charge in [-0.2, -0.15) is 0 Å². The van der Waals surface area contributed by atoms with E-state index in [1.54, 1.807) is 6.07 Å². The van der Waals surface area contributed by atoms with Gasteiger partial charge >= 0.3 is 5.69 Å². The van der Waals surface area contributed by atoms with Crippen molar-refractivity contribution in [2.45, 2.75) is 13.8 Å². The highest BCUT2D eigenvalue weighted by molar-refractivity contribution is 9.10. The molecule has 3 rings (SSSR count). The van der Waals surface area contributed by atoms with Crippen molar-refractivity contribution < 1.29 is 4.92 Å². The highest BCUT2D eigenvalue weighted by atomic mass is 79.9. The zero-order chi connectivity index (χ0) is 18.7. The molecule has 2 aromatic carbocycles. The summed E-state index contributed by atoms with van der Waals surface area (Å²) in [6.45, 7) is 3.92. The van der Waals surface area contributed by atoms with Crippen molar-refractivity contribution in [1.82, 2.24) is 9.97 Å². The lowest BCUT2D eigenvalue weighted by Gasteiger charge is -2.12. The van der Waals surface area contributed by atoms with Crippen LogP contribution in [0.5, 0.6) is 0 Å². The smallest absolute Gasteiger partial charge is 0.334 e. The van der Waals surface area contributed by atoms with Gasteiger partial charge in [0, 0.05) is 10.2 Å². The maximum Gasteiger partial charge on any atom is 0.353 e. The molecule has 0 saturated heterocycles. The molecule has 0 aliphatic carbocycles. The molecule has 1 aromatic heterocycles. The van der Waals surface area contributed by atoms with Gasteiger partial charge in [-0.15, -0.1) is 0 Å². The van der Waals surface area contributed by atoms with Gasteiger partial charge in [0.05, 0.1) is 10.6 Å². The molecule has 0 unspecified atom stereocenters. The van der Waals surface area contributed by atoms with Crippen molar-refractivity contribution in [2.75, 3.05) is 10.6 Å². The summed E-state index contributed by atoms with van der Waals surface area (Å²) in [5.41, 5.74) is 3.29. The van der Waals surface area contributed by atoms with Crippen LogP contribution >= 0.6 is 15.9 Å². The van der Waals surface area contributed by atoms with Crippen molar-refractivity contribution in [3.8, 4) is 0 Å². The van der Waals surface area contributed by atoms with Crippen LogP contribution < -0.4 is 10.6 Å². The van der Waals surface area contributed by atoms with E-state index in [1.165, 1.54) is 6.33 Å². The second-order valence-corrected chi connectivity index (χ2v) is 6.58. The fourth-order valence-electron chi connectivity index (χ4n) is 2.51. The first-order valence-corrected chi connectivity index (χ1v) is 8.60. The summed E-state index contributed by atoms with van der Waals surface area (Å²) >= 11 is 3.41. The number of para-hydroxylation sites is 1. The molecule has 0 fully saturated rings. The van der Waals surface area contributed by atoms with E-state index in [9.17, 15) is 10.1 Å². The first-order chi connectivity index (χ1) is 12.5. The highest BCUT2D eigenvalue weighted by Crippen LogP contribution is 2.35. The molecule has 7 nitrogen and oxygen atoms in total. The average Bonchev–Trinajstić information content (AvgIpc) is 2.59. The standard InChI is InChI=1S/C18H16BrN5O2/c1-11-7-8-14(12(2)9-11)22-17-16(24(25)26)18(21-10-20-17)23-15-6-4-3-5-13(15)19/h3-10H,1-2H3,(H2,20,21,22,23). The minimum Gasteiger partial charge on any atom is -0.334 e. The number of hydrogen-bond acceptors (Lipinski definition) is 6. The van der Waals surface area contributed by atoms with Crippen molar-refractivity contribution in [3.63, 3.8) is 0 Å². The van der Waals surface area contributed by atoms with E-state index < -0.39 is 4.92 Å².